The SMILES string of the molecule is Cc1cc(C)c2c(c1)c(C=O)c(Cl)n2C. The van der Waals surface area contributed by atoms with Crippen LogP contribution in [0.3, 0.4) is 0 Å². The van der Waals surface area contributed by atoms with Gasteiger partial charge in [-0.25, -0.2) is 0 Å². The maximum atomic E-state index is 11.0. The maximum Gasteiger partial charge on any atom is 0.153 e. The van der Waals surface area contributed by atoms with E-state index < -0.39 is 0 Å². The van der Waals surface area contributed by atoms with Gasteiger partial charge in [-0.2, -0.15) is 0 Å². The van der Waals surface area contributed by atoms with Crippen LogP contribution in [0.15, 0.2) is 12.1 Å². The van der Waals surface area contributed by atoms with Crippen LogP contribution in [-0.2, 0) is 7.05 Å². The number of aryl methyl sites for hydroxylation is 3. The molecule has 0 atom stereocenters. The van der Waals surface area contributed by atoms with Crippen molar-refractivity contribution in [2.45, 2.75) is 13.8 Å². The maximum absolute atomic E-state index is 11.0. The van der Waals surface area contributed by atoms with Crippen LogP contribution in [0.25, 0.3) is 10.9 Å². The Bertz CT molecular complexity index is 554. The molecule has 0 saturated heterocycles. The second-order valence-electron chi connectivity index (χ2n) is 3.86. The van der Waals surface area contributed by atoms with Crippen LogP contribution in [0, 0.1) is 13.8 Å². The molecule has 0 unspecified atom stereocenters. The van der Waals surface area contributed by atoms with Gasteiger partial charge in [0.25, 0.3) is 0 Å². The van der Waals surface area contributed by atoms with Gasteiger partial charge in [-0.1, -0.05) is 23.2 Å². The highest BCUT2D eigenvalue weighted by atomic mass is 35.5. The van der Waals surface area contributed by atoms with Crippen molar-refractivity contribution in [1.29, 1.82) is 0 Å². The molecule has 78 valence electrons. The fourth-order valence-corrected chi connectivity index (χ4v) is 2.34. The first-order chi connectivity index (χ1) is 7.06. The lowest BCUT2D eigenvalue weighted by atomic mass is 10.1. The van der Waals surface area contributed by atoms with Gasteiger partial charge >= 0.3 is 0 Å². The van der Waals surface area contributed by atoms with E-state index in [1.54, 1.807) is 0 Å². The van der Waals surface area contributed by atoms with Crippen molar-refractivity contribution in [3.63, 3.8) is 0 Å². The van der Waals surface area contributed by atoms with Gasteiger partial charge in [0.1, 0.15) is 5.15 Å². The fraction of sp³-hybridized carbons (Fsp3) is 0.250. The quantitative estimate of drug-likeness (QED) is 0.678. The van der Waals surface area contributed by atoms with Crippen molar-refractivity contribution >= 4 is 28.8 Å². The molecule has 2 nitrogen and oxygen atoms in total. The lowest BCUT2D eigenvalue weighted by Crippen LogP contribution is -1.89. The molecule has 0 amide bonds. The van der Waals surface area contributed by atoms with E-state index in [0.717, 1.165) is 28.3 Å². The molecular formula is C12H12ClNO. The molecule has 0 fully saturated rings. The van der Waals surface area contributed by atoms with Crippen LogP contribution in [0.2, 0.25) is 5.15 Å². The summed E-state index contributed by atoms with van der Waals surface area (Å²) in [7, 11) is 1.88. The van der Waals surface area contributed by atoms with Gasteiger partial charge in [0, 0.05) is 12.4 Å². The number of hydrogen-bond acceptors (Lipinski definition) is 1. The largest absolute Gasteiger partial charge is 0.334 e. The van der Waals surface area contributed by atoms with E-state index in [4.69, 9.17) is 11.6 Å². The lowest BCUT2D eigenvalue weighted by molar-refractivity contribution is 0.112. The summed E-state index contributed by atoms with van der Waals surface area (Å²) in [5.41, 5.74) is 3.90. The molecule has 0 saturated carbocycles. The Hall–Kier alpha value is -1.28. The molecule has 0 N–H and O–H groups in total. The summed E-state index contributed by atoms with van der Waals surface area (Å²) in [6.45, 7) is 4.04. The highest BCUT2D eigenvalue weighted by Gasteiger charge is 2.14. The van der Waals surface area contributed by atoms with E-state index in [9.17, 15) is 4.79 Å². The highest BCUT2D eigenvalue weighted by Crippen LogP contribution is 2.30. The third-order valence-electron chi connectivity index (χ3n) is 2.70. The summed E-state index contributed by atoms with van der Waals surface area (Å²) < 4.78 is 1.86. The van der Waals surface area contributed by atoms with E-state index >= 15 is 0 Å². The van der Waals surface area contributed by atoms with Crippen molar-refractivity contribution in [2.24, 2.45) is 7.05 Å². The van der Waals surface area contributed by atoms with E-state index in [0.29, 0.717) is 10.7 Å². The predicted octanol–water partition coefficient (Wildman–Crippen LogP) is 3.26. The lowest BCUT2D eigenvalue weighted by Gasteiger charge is -2.02. The number of nitrogens with zero attached hydrogens (tertiary/aromatic N) is 1. The number of carbonyl (C=O) groups is 1. The van der Waals surface area contributed by atoms with Crippen molar-refractivity contribution < 1.29 is 4.79 Å². The highest BCUT2D eigenvalue weighted by molar-refractivity contribution is 6.34. The van der Waals surface area contributed by atoms with Crippen molar-refractivity contribution in [3.8, 4) is 0 Å². The molecule has 0 aliphatic carbocycles. The third kappa shape index (κ3) is 1.37. The molecule has 0 spiro atoms. The van der Waals surface area contributed by atoms with Gasteiger partial charge in [0.2, 0.25) is 0 Å². The first-order valence-electron chi connectivity index (χ1n) is 4.76. The van der Waals surface area contributed by atoms with Gasteiger partial charge in [-0.15, -0.1) is 0 Å². The zero-order chi connectivity index (χ0) is 11.2. The molecule has 0 bridgehead atoms. The van der Waals surface area contributed by atoms with Crippen LogP contribution in [0.1, 0.15) is 21.5 Å². The predicted molar refractivity (Wildman–Crippen MR) is 62.8 cm³/mol. The Balaban J connectivity index is 3.03. The molecule has 1 aromatic heterocycles. The summed E-state index contributed by atoms with van der Waals surface area (Å²) in [6.07, 6.45) is 0.823. The molecule has 2 aromatic rings. The molecule has 0 radical (unpaired) electrons. The summed E-state index contributed by atoms with van der Waals surface area (Å²) in [5.74, 6) is 0. The summed E-state index contributed by atoms with van der Waals surface area (Å²) in [6, 6.07) is 4.09. The van der Waals surface area contributed by atoms with Crippen molar-refractivity contribution in [2.75, 3.05) is 0 Å². The molecule has 2 rings (SSSR count). The fourth-order valence-electron chi connectivity index (χ4n) is 2.11. The Labute approximate surface area is 93.5 Å². The molecule has 1 heterocycles. The summed E-state index contributed by atoms with van der Waals surface area (Å²) in [4.78, 5) is 11.0. The number of aromatic nitrogens is 1. The van der Waals surface area contributed by atoms with Crippen LogP contribution in [0.4, 0.5) is 0 Å². The van der Waals surface area contributed by atoms with Gasteiger partial charge in [-0.05, 0) is 25.5 Å². The molecule has 15 heavy (non-hydrogen) atoms. The number of rotatable bonds is 1. The normalized spacial score (nSPS) is 10.9. The van der Waals surface area contributed by atoms with Crippen LogP contribution >= 0.6 is 11.6 Å². The minimum Gasteiger partial charge on any atom is -0.334 e. The van der Waals surface area contributed by atoms with Crippen molar-refractivity contribution in [1.82, 2.24) is 4.57 Å². The first kappa shape index (κ1) is 10.2. The Morgan fingerprint density at radius 2 is 2.00 bits per heavy atom. The number of halogens is 1. The topological polar surface area (TPSA) is 22.0 Å². The minimum atomic E-state index is 0.508. The zero-order valence-electron chi connectivity index (χ0n) is 8.97. The van der Waals surface area contributed by atoms with Crippen LogP contribution in [0.5, 0.6) is 0 Å². The van der Waals surface area contributed by atoms with E-state index in [1.807, 2.05) is 31.5 Å². The molecular weight excluding hydrogens is 210 g/mol. The molecule has 1 aromatic carbocycles. The Morgan fingerprint density at radius 3 is 2.60 bits per heavy atom. The van der Waals surface area contributed by atoms with Crippen molar-refractivity contribution in [3.05, 3.63) is 34.0 Å². The Morgan fingerprint density at radius 1 is 1.33 bits per heavy atom. The zero-order valence-corrected chi connectivity index (χ0v) is 9.72. The van der Waals surface area contributed by atoms with Gasteiger partial charge in [-0.3, -0.25) is 4.79 Å². The summed E-state index contributed by atoms with van der Waals surface area (Å²) in [5, 5.41) is 1.45. The van der Waals surface area contributed by atoms with Gasteiger partial charge < -0.3 is 4.57 Å². The van der Waals surface area contributed by atoms with E-state index in [1.165, 1.54) is 0 Å². The molecule has 0 aliphatic rings. The first-order valence-corrected chi connectivity index (χ1v) is 5.14. The number of aldehydes is 1. The van der Waals surface area contributed by atoms with Crippen LogP contribution in [-0.4, -0.2) is 10.9 Å². The summed E-state index contributed by atoms with van der Waals surface area (Å²) >= 11 is 6.09. The average molecular weight is 222 g/mol. The Kier molecular flexibility index (Phi) is 2.31. The third-order valence-corrected chi connectivity index (χ3v) is 3.16. The smallest absolute Gasteiger partial charge is 0.153 e. The van der Waals surface area contributed by atoms with Gasteiger partial charge in [0.15, 0.2) is 6.29 Å². The molecule has 0 aliphatic heterocycles. The monoisotopic (exact) mass is 221 g/mol. The second kappa shape index (κ2) is 3.38. The van der Waals surface area contributed by atoms with Gasteiger partial charge in [0.05, 0.1) is 11.1 Å². The average Bonchev–Trinajstić information content (AvgIpc) is 2.39. The second-order valence-corrected chi connectivity index (χ2v) is 4.22. The number of fused-ring (bicyclic) bond motifs is 1. The number of hydrogen-bond donors (Lipinski definition) is 0. The number of benzene rings is 1. The van der Waals surface area contributed by atoms with E-state index in [-0.39, 0.29) is 0 Å². The standard InChI is InChI=1S/C12H12ClNO/c1-7-4-8(2)11-9(5-7)10(6-15)12(13)14(11)3/h4-6H,1-3H3. The number of carbonyl (C=O) groups excluding carboxylic acids is 1. The minimum absolute atomic E-state index is 0.508. The van der Waals surface area contributed by atoms with Crippen LogP contribution < -0.4 is 0 Å². The van der Waals surface area contributed by atoms with E-state index in [2.05, 4.69) is 6.07 Å². The molecule has 3 heteroatoms.